The molecule has 3 aromatic carbocycles. The molecule has 0 radical (unpaired) electrons. The van der Waals surface area contributed by atoms with E-state index >= 15 is 0 Å². The predicted molar refractivity (Wildman–Crippen MR) is 105 cm³/mol. The van der Waals surface area contributed by atoms with E-state index in [1.54, 1.807) is 11.8 Å². The Labute approximate surface area is 152 Å². The van der Waals surface area contributed by atoms with Crippen molar-refractivity contribution in [1.82, 2.24) is 0 Å². The Morgan fingerprint density at radius 2 is 1.65 bits per heavy atom. The highest BCUT2D eigenvalue weighted by atomic mass is 16.2. The molecule has 0 aromatic heterocycles. The van der Waals surface area contributed by atoms with Gasteiger partial charge in [0.05, 0.1) is 5.69 Å². The fraction of sp³-hybridized carbons (Fsp3) is 0.182. The first-order valence-corrected chi connectivity index (χ1v) is 8.70. The van der Waals surface area contributed by atoms with Crippen molar-refractivity contribution in [2.45, 2.75) is 26.8 Å². The summed E-state index contributed by atoms with van der Waals surface area (Å²) in [4.78, 5) is 27.4. The highest BCUT2D eigenvalue weighted by molar-refractivity contribution is 6.26. The number of aryl methyl sites for hydroxylation is 2. The zero-order valence-electron chi connectivity index (χ0n) is 15.0. The van der Waals surface area contributed by atoms with Crippen LogP contribution in [-0.2, 0) is 4.79 Å². The Hall–Kier alpha value is -3.14. The molecule has 3 aromatic rings. The van der Waals surface area contributed by atoms with E-state index < -0.39 is 6.04 Å². The molecule has 0 aliphatic carbocycles. The van der Waals surface area contributed by atoms with E-state index in [1.807, 2.05) is 62.4 Å². The first-order chi connectivity index (χ1) is 12.5. The minimum Gasteiger partial charge on any atom is -0.324 e. The first-order valence-electron chi connectivity index (χ1n) is 8.70. The highest BCUT2D eigenvalue weighted by Gasteiger charge is 2.35. The van der Waals surface area contributed by atoms with E-state index in [4.69, 9.17) is 0 Å². The Kier molecular flexibility index (Phi) is 3.76. The van der Waals surface area contributed by atoms with Crippen molar-refractivity contribution >= 4 is 34.0 Å². The molecule has 1 aliphatic heterocycles. The summed E-state index contributed by atoms with van der Waals surface area (Å²) in [5, 5.41) is 4.88. The third kappa shape index (κ3) is 2.54. The Bertz CT molecular complexity index is 1030. The first kappa shape index (κ1) is 16.3. The molecule has 4 heteroatoms. The van der Waals surface area contributed by atoms with Gasteiger partial charge in [-0.2, -0.15) is 0 Å². The van der Waals surface area contributed by atoms with Crippen LogP contribution in [0, 0.1) is 13.8 Å². The minimum atomic E-state index is -0.610. The van der Waals surface area contributed by atoms with E-state index in [1.165, 1.54) is 0 Å². The monoisotopic (exact) mass is 344 g/mol. The molecule has 1 aliphatic rings. The summed E-state index contributed by atoms with van der Waals surface area (Å²) < 4.78 is 0. The molecular formula is C22H20N2O2. The molecule has 0 unspecified atom stereocenters. The van der Waals surface area contributed by atoms with Gasteiger partial charge >= 0.3 is 0 Å². The number of rotatable bonds is 3. The molecule has 0 saturated heterocycles. The normalized spacial score (nSPS) is 14.0. The molecule has 2 amide bonds. The standard InChI is InChI=1S/C22H20N2O2/c1-13-10-14(2)12-17(11-13)23-21(25)15(3)24-19-9-5-7-16-6-4-8-18(20(16)19)22(24)26/h4-12,15H,1-3H3,(H,23,25)/t15-/m1/s1. The number of nitrogens with one attached hydrogen (secondary N) is 1. The zero-order chi connectivity index (χ0) is 18.4. The van der Waals surface area contributed by atoms with E-state index in [0.29, 0.717) is 5.56 Å². The van der Waals surface area contributed by atoms with Crippen LogP contribution in [0.4, 0.5) is 11.4 Å². The Balaban J connectivity index is 1.67. The van der Waals surface area contributed by atoms with E-state index in [-0.39, 0.29) is 11.8 Å². The lowest BCUT2D eigenvalue weighted by atomic mass is 10.1. The number of nitrogens with zero attached hydrogens (tertiary/aromatic N) is 1. The molecule has 1 atom stereocenters. The lowest BCUT2D eigenvalue weighted by Crippen LogP contribution is -2.44. The third-order valence-electron chi connectivity index (χ3n) is 4.85. The van der Waals surface area contributed by atoms with Crippen molar-refractivity contribution in [1.29, 1.82) is 0 Å². The fourth-order valence-electron chi connectivity index (χ4n) is 3.73. The number of benzene rings is 3. The number of carbonyl (C=O) groups is 2. The summed E-state index contributed by atoms with van der Waals surface area (Å²) in [6.07, 6.45) is 0. The second-order valence-electron chi connectivity index (χ2n) is 6.90. The van der Waals surface area contributed by atoms with Gasteiger partial charge in [-0.25, -0.2) is 0 Å². The number of carbonyl (C=O) groups excluding carboxylic acids is 2. The summed E-state index contributed by atoms with van der Waals surface area (Å²) in [6, 6.07) is 16.8. The van der Waals surface area contributed by atoms with Gasteiger partial charge in [-0.15, -0.1) is 0 Å². The molecule has 4 rings (SSSR count). The smallest absolute Gasteiger partial charge is 0.259 e. The largest absolute Gasteiger partial charge is 0.324 e. The second-order valence-corrected chi connectivity index (χ2v) is 6.90. The number of hydrogen-bond donors (Lipinski definition) is 1. The molecule has 0 saturated carbocycles. The molecule has 0 bridgehead atoms. The molecule has 130 valence electrons. The van der Waals surface area contributed by atoms with Gasteiger partial charge < -0.3 is 5.32 Å². The van der Waals surface area contributed by atoms with Crippen LogP contribution in [0.15, 0.2) is 54.6 Å². The van der Waals surface area contributed by atoms with Crippen molar-refractivity contribution < 1.29 is 9.59 Å². The maximum Gasteiger partial charge on any atom is 0.259 e. The molecule has 0 spiro atoms. The van der Waals surface area contributed by atoms with Crippen molar-refractivity contribution in [3.05, 3.63) is 71.3 Å². The predicted octanol–water partition coefficient (Wildman–Crippen LogP) is 4.44. The number of hydrogen-bond acceptors (Lipinski definition) is 2. The van der Waals surface area contributed by atoms with Gasteiger partial charge in [0.1, 0.15) is 6.04 Å². The summed E-state index contributed by atoms with van der Waals surface area (Å²) in [6.45, 7) is 5.75. The number of amides is 2. The molecule has 1 N–H and O–H groups in total. The maximum atomic E-state index is 12.9. The van der Waals surface area contributed by atoms with Crippen LogP contribution in [0.3, 0.4) is 0 Å². The van der Waals surface area contributed by atoms with Gasteiger partial charge in [-0.05, 0) is 61.5 Å². The Morgan fingerprint density at radius 3 is 2.35 bits per heavy atom. The van der Waals surface area contributed by atoms with Crippen LogP contribution in [0.2, 0.25) is 0 Å². The quantitative estimate of drug-likeness (QED) is 0.763. The minimum absolute atomic E-state index is 0.125. The number of anilines is 2. The summed E-state index contributed by atoms with van der Waals surface area (Å²) in [5.74, 6) is -0.326. The van der Waals surface area contributed by atoms with Crippen molar-refractivity contribution in [2.24, 2.45) is 0 Å². The van der Waals surface area contributed by atoms with Crippen LogP contribution in [0.25, 0.3) is 10.8 Å². The molecule has 0 fully saturated rings. The van der Waals surface area contributed by atoms with Crippen LogP contribution < -0.4 is 10.2 Å². The topological polar surface area (TPSA) is 49.4 Å². The average molecular weight is 344 g/mol. The highest BCUT2D eigenvalue weighted by Crippen LogP contribution is 2.38. The second kappa shape index (κ2) is 5.99. The van der Waals surface area contributed by atoms with Crippen LogP contribution in [0.1, 0.15) is 28.4 Å². The van der Waals surface area contributed by atoms with Gasteiger partial charge in [0.15, 0.2) is 0 Å². The van der Waals surface area contributed by atoms with E-state index in [0.717, 1.165) is 33.3 Å². The lowest BCUT2D eigenvalue weighted by Gasteiger charge is -2.25. The summed E-state index contributed by atoms with van der Waals surface area (Å²) >= 11 is 0. The third-order valence-corrected chi connectivity index (χ3v) is 4.85. The lowest BCUT2D eigenvalue weighted by molar-refractivity contribution is -0.117. The maximum absolute atomic E-state index is 12.9. The van der Waals surface area contributed by atoms with Crippen molar-refractivity contribution in [3.63, 3.8) is 0 Å². The van der Waals surface area contributed by atoms with E-state index in [9.17, 15) is 9.59 Å². The van der Waals surface area contributed by atoms with Gasteiger partial charge in [0, 0.05) is 16.6 Å². The average Bonchev–Trinajstić information content (AvgIpc) is 2.88. The molecule has 1 heterocycles. The molecule has 4 nitrogen and oxygen atoms in total. The van der Waals surface area contributed by atoms with Crippen LogP contribution in [-0.4, -0.2) is 17.9 Å². The summed E-state index contributed by atoms with van der Waals surface area (Å²) in [5.41, 5.74) is 4.38. The van der Waals surface area contributed by atoms with Gasteiger partial charge in [-0.1, -0.05) is 30.3 Å². The van der Waals surface area contributed by atoms with Crippen LogP contribution >= 0.6 is 0 Å². The van der Waals surface area contributed by atoms with Gasteiger partial charge in [0.2, 0.25) is 5.91 Å². The zero-order valence-corrected chi connectivity index (χ0v) is 15.0. The van der Waals surface area contributed by atoms with Gasteiger partial charge in [-0.3, -0.25) is 14.5 Å². The van der Waals surface area contributed by atoms with Crippen molar-refractivity contribution in [2.75, 3.05) is 10.2 Å². The molecular weight excluding hydrogens is 324 g/mol. The Morgan fingerprint density at radius 1 is 1.00 bits per heavy atom. The molecule has 26 heavy (non-hydrogen) atoms. The summed E-state index contributed by atoms with van der Waals surface area (Å²) in [7, 11) is 0. The SMILES string of the molecule is Cc1cc(C)cc(NC(=O)[C@@H](C)N2C(=O)c3cccc4cccc2c34)c1. The van der Waals surface area contributed by atoms with E-state index in [2.05, 4.69) is 11.4 Å². The van der Waals surface area contributed by atoms with Crippen molar-refractivity contribution in [3.8, 4) is 0 Å². The van der Waals surface area contributed by atoms with Gasteiger partial charge in [0.25, 0.3) is 5.91 Å². The fourth-order valence-corrected chi connectivity index (χ4v) is 3.73. The van der Waals surface area contributed by atoms with Crippen LogP contribution in [0.5, 0.6) is 0 Å².